The molecule has 0 spiro atoms. The van der Waals surface area contributed by atoms with Crippen molar-refractivity contribution in [2.45, 2.75) is 224 Å². The number of benzene rings is 2. The van der Waals surface area contributed by atoms with Crippen LogP contribution >= 0.6 is 15.4 Å². The van der Waals surface area contributed by atoms with Gasteiger partial charge >= 0.3 is 0 Å². The molecular weight excluding hydrogens is 684 g/mol. The third-order valence-corrected chi connectivity index (χ3v) is 23.6. The summed E-state index contributed by atoms with van der Waals surface area (Å²) < 4.78 is 0. The van der Waals surface area contributed by atoms with Gasteiger partial charge in [-0.15, -0.1) is 15.4 Å². The largest absolute Gasteiger partial charge is 0.196 e. The first-order valence-corrected chi connectivity index (χ1v) is 25.6. The molecule has 1 heterocycles. The first-order chi connectivity index (χ1) is 24.8. The van der Waals surface area contributed by atoms with Crippen LogP contribution < -0.4 is 10.6 Å². The van der Waals surface area contributed by atoms with Gasteiger partial charge in [0, 0.05) is 0 Å². The molecule has 0 N–H and O–H groups in total. The summed E-state index contributed by atoms with van der Waals surface area (Å²) in [4.78, 5) is 0. The van der Waals surface area contributed by atoms with Crippen molar-refractivity contribution in [3.8, 4) is 0 Å². The lowest BCUT2D eigenvalue weighted by Gasteiger charge is -2.67. The van der Waals surface area contributed by atoms with Crippen molar-refractivity contribution < 1.29 is 0 Å². The summed E-state index contributed by atoms with van der Waals surface area (Å²) >= 11 is 0. The highest BCUT2D eigenvalue weighted by Crippen LogP contribution is 2.86. The molecule has 1 aliphatic heterocycles. The molecule has 0 nitrogen and oxygen atoms in total. The van der Waals surface area contributed by atoms with E-state index >= 15 is 0 Å². The van der Waals surface area contributed by atoms with Gasteiger partial charge in [0.1, 0.15) is 0 Å². The highest BCUT2D eigenvalue weighted by Gasteiger charge is 2.69. The van der Waals surface area contributed by atoms with Crippen molar-refractivity contribution in [1.82, 2.24) is 0 Å². The Bertz CT molecular complexity index is 1420. The maximum atomic E-state index is 2.72. The molecule has 300 valence electrons. The molecule has 2 aromatic carbocycles. The summed E-state index contributed by atoms with van der Waals surface area (Å²) in [6.45, 7) is 51.6. The predicted octanol–water partition coefficient (Wildman–Crippen LogP) is 16.5. The third-order valence-electron chi connectivity index (χ3n) is 15.1. The summed E-state index contributed by atoms with van der Waals surface area (Å²) in [5, 5.41) is 3.75. The van der Waals surface area contributed by atoms with E-state index in [-0.39, 0.29) is 0 Å². The van der Waals surface area contributed by atoms with Crippen LogP contribution in [0, 0.1) is 21.7 Å². The van der Waals surface area contributed by atoms with Crippen LogP contribution in [-0.4, -0.2) is 12.3 Å². The molecule has 3 fully saturated rings. The predicted molar refractivity (Wildman–Crippen MR) is 252 cm³/mol. The molecule has 1 saturated heterocycles. The molecule has 2 aromatic rings. The van der Waals surface area contributed by atoms with Gasteiger partial charge in [0.25, 0.3) is 0 Å². The Labute approximate surface area is 340 Å². The van der Waals surface area contributed by atoms with Crippen molar-refractivity contribution in [3.63, 3.8) is 0 Å². The fourth-order valence-corrected chi connectivity index (χ4v) is 25.4. The van der Waals surface area contributed by atoms with E-state index in [0.717, 1.165) is 12.3 Å². The van der Waals surface area contributed by atoms with E-state index in [2.05, 4.69) is 163 Å². The van der Waals surface area contributed by atoms with Gasteiger partial charge < -0.3 is 0 Å². The fraction of sp³-hybridized carbons (Fsp3) is 0.760. The monoisotopic (exact) mass is 769 g/mol. The van der Waals surface area contributed by atoms with Gasteiger partial charge in [-0.1, -0.05) is 176 Å². The second kappa shape index (κ2) is 15.9. The average molecular weight is 769 g/mol. The van der Waals surface area contributed by atoms with E-state index in [1.54, 1.807) is 33.4 Å². The maximum Gasteiger partial charge on any atom is 0.196 e. The first-order valence-electron chi connectivity index (χ1n) is 22.7. The van der Waals surface area contributed by atoms with Crippen molar-refractivity contribution in [3.05, 3.63) is 57.6 Å². The van der Waals surface area contributed by atoms with Crippen molar-refractivity contribution in [1.29, 1.82) is 0 Å². The lowest BCUT2D eigenvalue weighted by molar-refractivity contribution is 0.115. The number of hydrogen-bond acceptors (Lipinski definition) is 0. The van der Waals surface area contributed by atoms with Crippen LogP contribution in [0.5, 0.6) is 0 Å². The van der Waals surface area contributed by atoms with Crippen LogP contribution in [0.4, 0.5) is 0 Å². The molecule has 0 amide bonds. The Kier molecular flexibility index (Phi) is 13.1. The second-order valence-electron chi connectivity index (χ2n) is 23.3. The highest BCUT2D eigenvalue weighted by molar-refractivity contribution is 8.64. The van der Waals surface area contributed by atoms with E-state index in [4.69, 9.17) is 0 Å². The molecule has 0 aromatic heterocycles. The number of rotatable bonds is 10. The lowest BCUT2D eigenvalue weighted by Crippen LogP contribution is -2.59. The lowest BCUT2D eigenvalue weighted by atomic mass is 9.47. The molecule has 4 heteroatoms. The van der Waals surface area contributed by atoms with E-state index in [9.17, 15) is 0 Å². The zero-order valence-corrected chi connectivity index (χ0v) is 41.0. The average Bonchev–Trinajstić information content (AvgIpc) is 3.01. The van der Waals surface area contributed by atoms with Gasteiger partial charge in [-0.2, -0.15) is 0 Å². The van der Waals surface area contributed by atoms with E-state index in [1.165, 1.54) is 38.5 Å². The van der Waals surface area contributed by atoms with E-state index < -0.39 is 15.4 Å². The summed E-state index contributed by atoms with van der Waals surface area (Å²) in [7, 11) is -0.910. The quantitative estimate of drug-likeness (QED) is 0.167. The maximum absolute atomic E-state index is 2.72. The molecule has 0 bridgehead atoms. The number of hydrogen-bond donors (Lipinski definition) is 0. The second-order valence-corrected chi connectivity index (χ2v) is 28.8. The van der Waals surface area contributed by atoms with Gasteiger partial charge in [-0.05, 0) is 138 Å². The Hall–Kier alpha value is -0.570. The van der Waals surface area contributed by atoms with Crippen molar-refractivity contribution in [2.75, 3.05) is 0 Å². The van der Waals surface area contributed by atoms with E-state index in [1.807, 2.05) is 10.6 Å². The standard InChI is InChI=1S/C50H84B2P2/c1-31(2)37-27-39(33(5)6)43(40(28-37)34(7)8)53-51(45-47(13,14)23-21-24-48(45,15)16)54(52(53)46-49(17,18)25-22-26-50(46,19)20)44-41(35(9)10)29-38(32(3)4)30-42(44)36(11)12/h27-36,45-46H,21-26H2,1-20H3. The topological polar surface area (TPSA) is 0 Å². The molecule has 3 aliphatic rings. The zero-order chi connectivity index (χ0) is 40.6. The summed E-state index contributed by atoms with van der Waals surface area (Å²) in [6, 6.07) is 10.9. The minimum atomic E-state index is -0.455. The van der Waals surface area contributed by atoms with Crippen molar-refractivity contribution >= 4 is 38.3 Å². The molecule has 0 atom stereocenters. The Morgan fingerprint density at radius 3 is 0.815 bits per heavy atom. The van der Waals surface area contributed by atoms with E-state index in [0.29, 0.717) is 68.8 Å². The van der Waals surface area contributed by atoms with Gasteiger partial charge in [0.05, 0.1) is 0 Å². The Morgan fingerprint density at radius 1 is 0.407 bits per heavy atom. The van der Waals surface area contributed by atoms with Gasteiger partial charge in [0.2, 0.25) is 0 Å². The smallest absolute Gasteiger partial charge is 0.130 e. The van der Waals surface area contributed by atoms with Crippen LogP contribution in [-0.2, 0) is 0 Å². The summed E-state index contributed by atoms with van der Waals surface area (Å²) in [6.07, 6.45) is 9.70. The Morgan fingerprint density at radius 2 is 0.630 bits per heavy atom. The molecule has 0 radical (unpaired) electrons. The summed E-state index contributed by atoms with van der Waals surface area (Å²) in [5.74, 6) is 4.59. The molecule has 54 heavy (non-hydrogen) atoms. The highest BCUT2D eigenvalue weighted by atomic mass is 31.2. The van der Waals surface area contributed by atoms with Gasteiger partial charge in [-0.25, -0.2) is 0 Å². The van der Waals surface area contributed by atoms with Gasteiger partial charge in [0.15, 0.2) is 12.3 Å². The van der Waals surface area contributed by atoms with Crippen molar-refractivity contribution in [2.24, 2.45) is 21.7 Å². The fourth-order valence-electron chi connectivity index (χ4n) is 12.5. The van der Waals surface area contributed by atoms with Crippen LogP contribution in [0.1, 0.15) is 246 Å². The molecular formula is C50H84B2P2. The third kappa shape index (κ3) is 8.05. The van der Waals surface area contributed by atoms with Gasteiger partial charge in [-0.3, -0.25) is 0 Å². The molecule has 0 unspecified atom stereocenters. The SMILES string of the molecule is CC(C)c1cc(C(C)C)c(P2B(C3C(C)(C)CCCC3(C)C)P(c3c(C(C)C)cc(C(C)C)cc3C(C)C)B2C2C(C)(C)CCCC2(C)C)c(C(C)C)c1. The summed E-state index contributed by atoms with van der Waals surface area (Å²) in [5.41, 5.74) is 11.2. The van der Waals surface area contributed by atoms with Crippen LogP contribution in [0.15, 0.2) is 24.3 Å². The molecule has 2 aliphatic carbocycles. The normalized spacial score (nSPS) is 24.5. The van der Waals surface area contributed by atoms with Crippen LogP contribution in [0.3, 0.4) is 0 Å². The molecule has 2 saturated carbocycles. The molecule has 5 rings (SSSR count). The zero-order valence-electron chi connectivity index (χ0n) is 39.2. The van der Waals surface area contributed by atoms with Crippen LogP contribution in [0.2, 0.25) is 11.6 Å². The minimum Gasteiger partial charge on any atom is -0.130 e. The minimum absolute atomic E-state index is 0.317. The van der Waals surface area contributed by atoms with Crippen LogP contribution in [0.25, 0.3) is 0 Å². The first kappa shape index (κ1) is 44.5. The Balaban J connectivity index is 2.01.